The summed E-state index contributed by atoms with van der Waals surface area (Å²) in [6, 6.07) is 0. The second kappa shape index (κ2) is 4.61. The van der Waals surface area contributed by atoms with Gasteiger partial charge >= 0.3 is 5.97 Å². The van der Waals surface area contributed by atoms with E-state index in [4.69, 9.17) is 5.11 Å². The number of aliphatic hydroxyl groups excluding tert-OH is 1. The van der Waals surface area contributed by atoms with Crippen molar-refractivity contribution < 1.29 is 14.6 Å². The number of carbonyl (C=O) groups is 1. The molecule has 0 bridgehead atoms. The second-order valence-electron chi connectivity index (χ2n) is 1.69. The van der Waals surface area contributed by atoms with E-state index in [9.17, 15) is 4.79 Å². The summed E-state index contributed by atoms with van der Waals surface area (Å²) < 4.78 is 4.50. The molecule has 0 aromatic carbocycles. The van der Waals surface area contributed by atoms with Gasteiger partial charge in [0.1, 0.15) is 0 Å². The van der Waals surface area contributed by atoms with Crippen LogP contribution < -0.4 is 0 Å². The fraction of sp³-hybridized carbons (Fsp3) is 0.286. The summed E-state index contributed by atoms with van der Waals surface area (Å²) in [5, 5.41) is 8.32. The Labute approximate surface area is 59.6 Å². The molecule has 10 heavy (non-hydrogen) atoms. The van der Waals surface area contributed by atoms with Crippen LogP contribution in [-0.4, -0.2) is 11.1 Å². The summed E-state index contributed by atoms with van der Waals surface area (Å²) in [5.74, 6) is -0.541. The van der Waals surface area contributed by atoms with Gasteiger partial charge in [0.25, 0.3) is 0 Å². The number of hydrogen-bond donors (Lipinski definition) is 1. The standard InChI is InChI=1S/C7H10O3/c1-3-4-10-7(9)6(2)5-8/h3-5,8H,1-2H3/b4-3+,6-5+. The zero-order chi connectivity index (χ0) is 7.98. The van der Waals surface area contributed by atoms with E-state index in [1.807, 2.05) is 0 Å². The van der Waals surface area contributed by atoms with Gasteiger partial charge in [0, 0.05) is 0 Å². The lowest BCUT2D eigenvalue weighted by Crippen LogP contribution is -2.00. The maximum atomic E-state index is 10.6. The molecule has 1 N–H and O–H groups in total. The predicted octanol–water partition coefficient (Wildman–Crippen LogP) is 1.53. The third kappa shape index (κ3) is 2.91. The van der Waals surface area contributed by atoms with Crippen LogP contribution in [0.25, 0.3) is 0 Å². The highest BCUT2D eigenvalue weighted by Gasteiger charge is 2.01. The highest BCUT2D eigenvalue weighted by atomic mass is 16.5. The maximum absolute atomic E-state index is 10.6. The zero-order valence-electron chi connectivity index (χ0n) is 6.00. The van der Waals surface area contributed by atoms with E-state index in [-0.39, 0.29) is 5.57 Å². The third-order valence-electron chi connectivity index (χ3n) is 0.827. The monoisotopic (exact) mass is 142 g/mol. The molecule has 56 valence electrons. The largest absolute Gasteiger partial charge is 0.515 e. The van der Waals surface area contributed by atoms with Gasteiger partial charge in [0.15, 0.2) is 0 Å². The minimum atomic E-state index is -0.541. The van der Waals surface area contributed by atoms with Crippen molar-refractivity contribution in [2.45, 2.75) is 13.8 Å². The molecule has 0 aromatic heterocycles. The summed E-state index contributed by atoms with van der Waals surface area (Å²) in [5.41, 5.74) is 0.179. The van der Waals surface area contributed by atoms with Gasteiger partial charge in [0.2, 0.25) is 0 Å². The van der Waals surface area contributed by atoms with Gasteiger partial charge in [0.05, 0.1) is 18.1 Å². The normalized spacial score (nSPS) is 12.0. The average molecular weight is 142 g/mol. The Bertz CT molecular complexity index is 168. The van der Waals surface area contributed by atoms with Crippen molar-refractivity contribution in [3.63, 3.8) is 0 Å². The van der Waals surface area contributed by atoms with E-state index in [0.717, 1.165) is 0 Å². The van der Waals surface area contributed by atoms with Crippen LogP contribution in [0.4, 0.5) is 0 Å². The highest BCUT2D eigenvalue weighted by Crippen LogP contribution is 1.94. The summed E-state index contributed by atoms with van der Waals surface area (Å²) in [6.07, 6.45) is 3.56. The van der Waals surface area contributed by atoms with Crippen molar-refractivity contribution in [3.8, 4) is 0 Å². The van der Waals surface area contributed by atoms with Crippen LogP contribution in [0, 0.1) is 0 Å². The van der Waals surface area contributed by atoms with Crippen LogP contribution in [0.2, 0.25) is 0 Å². The van der Waals surface area contributed by atoms with Crippen LogP contribution in [0.1, 0.15) is 13.8 Å². The molecule has 0 heterocycles. The van der Waals surface area contributed by atoms with Crippen LogP contribution in [0.3, 0.4) is 0 Å². The Morgan fingerprint density at radius 1 is 1.60 bits per heavy atom. The molecule has 0 saturated heterocycles. The molecule has 0 aliphatic rings. The van der Waals surface area contributed by atoms with Gasteiger partial charge in [-0.1, -0.05) is 6.08 Å². The lowest BCUT2D eigenvalue weighted by molar-refractivity contribution is -0.133. The first-order valence-corrected chi connectivity index (χ1v) is 2.85. The van der Waals surface area contributed by atoms with Crippen LogP contribution in [-0.2, 0) is 9.53 Å². The molecule has 0 unspecified atom stereocenters. The lowest BCUT2D eigenvalue weighted by atomic mass is 10.3. The first-order valence-electron chi connectivity index (χ1n) is 2.85. The van der Waals surface area contributed by atoms with Gasteiger partial charge < -0.3 is 9.84 Å². The van der Waals surface area contributed by atoms with E-state index in [0.29, 0.717) is 6.26 Å². The van der Waals surface area contributed by atoms with Crippen LogP contribution >= 0.6 is 0 Å². The molecule has 0 radical (unpaired) electrons. The molecule has 0 aromatic rings. The Morgan fingerprint density at radius 3 is 2.60 bits per heavy atom. The maximum Gasteiger partial charge on any atom is 0.341 e. The molecule has 0 rings (SSSR count). The Hall–Kier alpha value is -1.25. The summed E-state index contributed by atoms with van der Waals surface area (Å²) in [4.78, 5) is 10.6. The van der Waals surface area contributed by atoms with E-state index in [1.165, 1.54) is 13.2 Å². The molecule has 0 aliphatic carbocycles. The fourth-order valence-electron chi connectivity index (χ4n) is 0.275. The molecule has 0 aliphatic heterocycles. The van der Waals surface area contributed by atoms with Crippen LogP contribution in [0.5, 0.6) is 0 Å². The molecule has 0 amide bonds. The Kier molecular flexibility index (Phi) is 4.04. The second-order valence-corrected chi connectivity index (χ2v) is 1.69. The van der Waals surface area contributed by atoms with Crippen molar-refractivity contribution in [2.75, 3.05) is 0 Å². The van der Waals surface area contributed by atoms with Gasteiger partial charge in [-0.15, -0.1) is 0 Å². The number of esters is 1. The van der Waals surface area contributed by atoms with E-state index >= 15 is 0 Å². The SMILES string of the molecule is C/C=C/OC(=O)/C(C)=C/O. The number of aliphatic hydroxyl groups is 1. The first-order chi connectivity index (χ1) is 4.72. The summed E-state index contributed by atoms with van der Waals surface area (Å²) in [6.45, 7) is 3.19. The Morgan fingerprint density at radius 2 is 2.20 bits per heavy atom. The van der Waals surface area contributed by atoms with Crippen molar-refractivity contribution >= 4 is 5.97 Å². The molecular weight excluding hydrogens is 132 g/mol. The van der Waals surface area contributed by atoms with E-state index in [1.54, 1.807) is 13.0 Å². The molecule has 0 spiro atoms. The number of rotatable bonds is 2. The molecule has 3 nitrogen and oxygen atoms in total. The van der Waals surface area contributed by atoms with E-state index < -0.39 is 5.97 Å². The van der Waals surface area contributed by atoms with Gasteiger partial charge in [-0.25, -0.2) is 4.79 Å². The highest BCUT2D eigenvalue weighted by molar-refractivity contribution is 5.87. The van der Waals surface area contributed by atoms with Crippen LogP contribution in [0.15, 0.2) is 24.2 Å². The molecule has 3 heteroatoms. The molecule has 0 fully saturated rings. The summed E-state index contributed by atoms with van der Waals surface area (Å²) in [7, 11) is 0. The third-order valence-corrected chi connectivity index (χ3v) is 0.827. The van der Waals surface area contributed by atoms with Crippen molar-refractivity contribution in [1.29, 1.82) is 0 Å². The quantitative estimate of drug-likeness (QED) is 0.361. The average Bonchev–Trinajstić information content (AvgIpc) is 1.98. The lowest BCUT2D eigenvalue weighted by Gasteiger charge is -1.94. The zero-order valence-corrected chi connectivity index (χ0v) is 6.00. The minimum absolute atomic E-state index is 0.179. The molecule has 0 saturated carbocycles. The number of carbonyl (C=O) groups excluding carboxylic acids is 1. The molecular formula is C7H10O3. The van der Waals surface area contributed by atoms with Crippen molar-refractivity contribution in [1.82, 2.24) is 0 Å². The topological polar surface area (TPSA) is 46.5 Å². The summed E-state index contributed by atoms with van der Waals surface area (Å²) >= 11 is 0. The van der Waals surface area contributed by atoms with Gasteiger partial charge in [-0.3, -0.25) is 0 Å². The van der Waals surface area contributed by atoms with Crippen molar-refractivity contribution in [2.24, 2.45) is 0 Å². The predicted molar refractivity (Wildman–Crippen MR) is 37.3 cm³/mol. The smallest absolute Gasteiger partial charge is 0.341 e. The minimum Gasteiger partial charge on any atom is -0.515 e. The van der Waals surface area contributed by atoms with Gasteiger partial charge in [-0.05, 0) is 13.8 Å². The first kappa shape index (κ1) is 8.75. The Balaban J connectivity index is 3.86. The molecule has 0 atom stereocenters. The number of allylic oxidation sites excluding steroid dienone is 1. The van der Waals surface area contributed by atoms with Gasteiger partial charge in [-0.2, -0.15) is 0 Å². The van der Waals surface area contributed by atoms with Crippen molar-refractivity contribution in [3.05, 3.63) is 24.2 Å². The number of hydrogen-bond acceptors (Lipinski definition) is 3. The number of ether oxygens (including phenoxy) is 1. The van der Waals surface area contributed by atoms with E-state index in [2.05, 4.69) is 4.74 Å². The fourth-order valence-corrected chi connectivity index (χ4v) is 0.275.